The van der Waals surface area contributed by atoms with Gasteiger partial charge in [0.15, 0.2) is 6.61 Å². The zero-order valence-corrected chi connectivity index (χ0v) is 17.6. The molecular formula is C23H25N3O5. The highest BCUT2D eigenvalue weighted by molar-refractivity contribution is 5.93. The molecule has 0 radical (unpaired) electrons. The van der Waals surface area contributed by atoms with Crippen molar-refractivity contribution < 1.29 is 19.0 Å². The molecule has 31 heavy (non-hydrogen) atoms. The van der Waals surface area contributed by atoms with E-state index in [1.807, 2.05) is 0 Å². The molecule has 0 unspecified atom stereocenters. The molecule has 1 amide bonds. The van der Waals surface area contributed by atoms with Gasteiger partial charge in [-0.05, 0) is 43.2 Å². The fraction of sp³-hybridized carbons (Fsp3) is 0.348. The molecule has 1 aliphatic heterocycles. The van der Waals surface area contributed by atoms with Crippen molar-refractivity contribution in [3.63, 3.8) is 0 Å². The third kappa shape index (κ3) is 4.47. The quantitative estimate of drug-likeness (QED) is 0.655. The van der Waals surface area contributed by atoms with Crippen LogP contribution in [0.5, 0.6) is 17.2 Å². The molecule has 0 bridgehead atoms. The lowest BCUT2D eigenvalue weighted by atomic mass is 10.2. The van der Waals surface area contributed by atoms with Crippen molar-refractivity contribution in [1.82, 2.24) is 9.55 Å². The van der Waals surface area contributed by atoms with Crippen LogP contribution >= 0.6 is 0 Å². The largest absolute Gasteiger partial charge is 0.497 e. The van der Waals surface area contributed by atoms with Crippen LogP contribution in [0.15, 0.2) is 41.2 Å². The molecule has 8 nitrogen and oxygen atoms in total. The zero-order chi connectivity index (χ0) is 21.8. The SMILES string of the molecule is COc1ccc(NC(=O)COc2ccc3nc4n(c(=O)c3c2)CCCCC4)c(OC)c1. The van der Waals surface area contributed by atoms with Gasteiger partial charge in [0.25, 0.3) is 11.5 Å². The average molecular weight is 423 g/mol. The highest BCUT2D eigenvalue weighted by atomic mass is 16.5. The number of carbonyl (C=O) groups is 1. The van der Waals surface area contributed by atoms with Crippen LogP contribution < -0.4 is 25.1 Å². The second-order valence-corrected chi connectivity index (χ2v) is 7.38. The number of nitrogens with one attached hydrogen (secondary N) is 1. The zero-order valence-electron chi connectivity index (χ0n) is 17.6. The van der Waals surface area contributed by atoms with Crippen molar-refractivity contribution in [3.8, 4) is 17.2 Å². The van der Waals surface area contributed by atoms with Crippen LogP contribution in [0.3, 0.4) is 0 Å². The molecule has 3 aromatic rings. The summed E-state index contributed by atoms with van der Waals surface area (Å²) in [6.07, 6.45) is 3.94. The van der Waals surface area contributed by atoms with Gasteiger partial charge in [-0.15, -0.1) is 0 Å². The van der Waals surface area contributed by atoms with Gasteiger partial charge < -0.3 is 19.5 Å². The van der Waals surface area contributed by atoms with Gasteiger partial charge in [0, 0.05) is 19.0 Å². The molecule has 1 aliphatic rings. The van der Waals surface area contributed by atoms with Gasteiger partial charge >= 0.3 is 0 Å². The van der Waals surface area contributed by atoms with Crippen molar-refractivity contribution in [2.24, 2.45) is 0 Å². The normalized spacial score (nSPS) is 13.2. The Morgan fingerprint density at radius 3 is 2.71 bits per heavy atom. The lowest BCUT2D eigenvalue weighted by Gasteiger charge is -2.13. The molecule has 1 aromatic heterocycles. The Labute approximate surface area is 179 Å². The van der Waals surface area contributed by atoms with Crippen molar-refractivity contribution >= 4 is 22.5 Å². The summed E-state index contributed by atoms with van der Waals surface area (Å²) in [7, 11) is 3.08. The molecule has 162 valence electrons. The van der Waals surface area contributed by atoms with E-state index in [0.717, 1.165) is 31.5 Å². The van der Waals surface area contributed by atoms with Crippen LogP contribution in [0.1, 0.15) is 25.1 Å². The third-order valence-corrected chi connectivity index (χ3v) is 5.34. The second-order valence-electron chi connectivity index (χ2n) is 7.38. The van der Waals surface area contributed by atoms with E-state index in [0.29, 0.717) is 40.4 Å². The predicted molar refractivity (Wildman–Crippen MR) is 117 cm³/mol. The molecule has 0 saturated heterocycles. The van der Waals surface area contributed by atoms with Crippen LogP contribution in [0.25, 0.3) is 10.9 Å². The molecule has 1 N–H and O–H groups in total. The highest BCUT2D eigenvalue weighted by Gasteiger charge is 2.15. The van der Waals surface area contributed by atoms with E-state index in [1.54, 1.807) is 48.1 Å². The maximum atomic E-state index is 12.9. The number of fused-ring (bicyclic) bond motifs is 2. The number of aryl methyl sites for hydroxylation is 1. The maximum absolute atomic E-state index is 12.9. The number of aromatic nitrogens is 2. The van der Waals surface area contributed by atoms with E-state index in [1.165, 1.54) is 7.11 Å². The summed E-state index contributed by atoms with van der Waals surface area (Å²) in [5.41, 5.74) is 1.11. The number of rotatable bonds is 6. The van der Waals surface area contributed by atoms with Crippen LogP contribution in [0.2, 0.25) is 0 Å². The number of hydrogen-bond donors (Lipinski definition) is 1. The summed E-state index contributed by atoms with van der Waals surface area (Å²) in [5.74, 6) is 2.05. The van der Waals surface area contributed by atoms with Crippen LogP contribution in [0.4, 0.5) is 5.69 Å². The van der Waals surface area contributed by atoms with E-state index in [4.69, 9.17) is 14.2 Å². The highest BCUT2D eigenvalue weighted by Crippen LogP contribution is 2.29. The van der Waals surface area contributed by atoms with E-state index in [9.17, 15) is 9.59 Å². The number of ether oxygens (including phenoxy) is 3. The van der Waals surface area contributed by atoms with Gasteiger partial charge in [0.2, 0.25) is 0 Å². The van der Waals surface area contributed by atoms with Crippen molar-refractivity contribution in [3.05, 3.63) is 52.6 Å². The molecule has 0 spiro atoms. The first-order valence-electron chi connectivity index (χ1n) is 10.3. The van der Waals surface area contributed by atoms with E-state index in [-0.39, 0.29) is 18.1 Å². The molecule has 2 heterocycles. The van der Waals surface area contributed by atoms with E-state index in [2.05, 4.69) is 10.3 Å². The summed E-state index contributed by atoms with van der Waals surface area (Å²) in [4.78, 5) is 30.0. The summed E-state index contributed by atoms with van der Waals surface area (Å²) in [6.45, 7) is 0.481. The first-order valence-corrected chi connectivity index (χ1v) is 10.3. The number of benzene rings is 2. The maximum Gasteiger partial charge on any atom is 0.262 e. The minimum absolute atomic E-state index is 0.0558. The monoisotopic (exact) mass is 423 g/mol. The molecule has 0 saturated carbocycles. The Balaban J connectivity index is 1.48. The summed E-state index contributed by atoms with van der Waals surface area (Å²) in [6, 6.07) is 10.3. The Morgan fingerprint density at radius 1 is 1.06 bits per heavy atom. The number of hydrogen-bond acceptors (Lipinski definition) is 6. The Bertz CT molecular complexity index is 1170. The van der Waals surface area contributed by atoms with E-state index < -0.39 is 0 Å². The topological polar surface area (TPSA) is 91.7 Å². The molecule has 0 fully saturated rings. The third-order valence-electron chi connectivity index (χ3n) is 5.34. The number of nitrogens with zero attached hydrogens (tertiary/aromatic N) is 2. The molecule has 4 rings (SSSR count). The second kappa shape index (κ2) is 9.07. The standard InChI is InChI=1S/C23H25N3O5/c1-29-15-7-10-19(20(13-15)30-2)25-22(27)14-31-16-8-9-18-17(12-16)23(28)26-11-5-3-4-6-21(26)24-18/h7-10,12-13H,3-6,11,14H2,1-2H3,(H,25,27). The summed E-state index contributed by atoms with van der Waals surface area (Å²) in [5, 5.41) is 3.26. The first-order chi connectivity index (χ1) is 15.1. The summed E-state index contributed by atoms with van der Waals surface area (Å²) < 4.78 is 17.8. The van der Waals surface area contributed by atoms with Crippen LogP contribution in [0, 0.1) is 0 Å². The Morgan fingerprint density at radius 2 is 1.90 bits per heavy atom. The Kier molecular flexibility index (Phi) is 6.06. The van der Waals surface area contributed by atoms with Crippen LogP contribution in [-0.2, 0) is 17.8 Å². The van der Waals surface area contributed by atoms with Gasteiger partial charge in [-0.1, -0.05) is 6.42 Å². The molecule has 2 aromatic carbocycles. The lowest BCUT2D eigenvalue weighted by molar-refractivity contribution is -0.118. The van der Waals surface area contributed by atoms with Crippen molar-refractivity contribution in [2.45, 2.75) is 32.2 Å². The average Bonchev–Trinajstić information content (AvgIpc) is 3.04. The fourth-order valence-corrected chi connectivity index (χ4v) is 3.72. The van der Waals surface area contributed by atoms with Crippen molar-refractivity contribution in [2.75, 3.05) is 26.1 Å². The van der Waals surface area contributed by atoms with Crippen LogP contribution in [-0.4, -0.2) is 36.3 Å². The number of anilines is 1. The molecule has 0 aliphatic carbocycles. The van der Waals surface area contributed by atoms with E-state index >= 15 is 0 Å². The van der Waals surface area contributed by atoms with Gasteiger partial charge in [0.05, 0.1) is 30.8 Å². The Hall–Kier alpha value is -3.55. The number of carbonyl (C=O) groups excluding carboxylic acids is 1. The smallest absolute Gasteiger partial charge is 0.262 e. The van der Waals surface area contributed by atoms with Crippen molar-refractivity contribution in [1.29, 1.82) is 0 Å². The first kappa shape index (κ1) is 20.7. The predicted octanol–water partition coefficient (Wildman–Crippen LogP) is 3.16. The van der Waals surface area contributed by atoms with Gasteiger partial charge in [-0.25, -0.2) is 4.98 Å². The molecule has 8 heteroatoms. The number of amides is 1. The minimum Gasteiger partial charge on any atom is -0.497 e. The number of methoxy groups -OCH3 is 2. The van der Waals surface area contributed by atoms with Gasteiger partial charge in [-0.3, -0.25) is 14.2 Å². The lowest BCUT2D eigenvalue weighted by Crippen LogP contribution is -2.24. The minimum atomic E-state index is -0.347. The summed E-state index contributed by atoms with van der Waals surface area (Å²) >= 11 is 0. The molecular weight excluding hydrogens is 398 g/mol. The molecule has 0 atom stereocenters. The van der Waals surface area contributed by atoms with Gasteiger partial charge in [0.1, 0.15) is 23.1 Å². The van der Waals surface area contributed by atoms with Gasteiger partial charge in [-0.2, -0.15) is 0 Å². The fourth-order valence-electron chi connectivity index (χ4n) is 3.72.